The number of hydrogen-bond acceptors (Lipinski definition) is 5. The molecule has 0 bridgehead atoms. The van der Waals surface area contributed by atoms with Gasteiger partial charge in [-0.1, -0.05) is 58.6 Å². The van der Waals surface area contributed by atoms with Gasteiger partial charge in [0.1, 0.15) is 0 Å². The van der Waals surface area contributed by atoms with E-state index in [1.54, 1.807) is 24.3 Å². The quantitative estimate of drug-likeness (QED) is 0.451. The van der Waals surface area contributed by atoms with E-state index in [9.17, 15) is 9.59 Å². The van der Waals surface area contributed by atoms with Crippen molar-refractivity contribution in [2.24, 2.45) is 0 Å². The number of carbonyl (C=O) groups excluding carboxylic acids is 2. The Balaban J connectivity index is 0.000000896. The fraction of sp³-hybridized carbons (Fsp3) is 0.619. The monoisotopic (exact) mass is 366 g/mol. The summed E-state index contributed by atoms with van der Waals surface area (Å²) in [6, 6.07) is 6.59. The van der Waals surface area contributed by atoms with Gasteiger partial charge in [0, 0.05) is 6.61 Å². The maximum Gasteiger partial charge on any atom is 0.339 e. The molecule has 0 aliphatic heterocycles. The highest BCUT2D eigenvalue weighted by molar-refractivity contribution is 6.03. The second kappa shape index (κ2) is 16.6. The van der Waals surface area contributed by atoms with Gasteiger partial charge in [-0.25, -0.2) is 9.59 Å². The van der Waals surface area contributed by atoms with E-state index in [0.29, 0.717) is 19.8 Å². The number of hydrogen-bond donors (Lipinski definition) is 1. The van der Waals surface area contributed by atoms with Crippen molar-refractivity contribution >= 4 is 11.9 Å². The normalized spacial score (nSPS) is 9.85. The van der Waals surface area contributed by atoms with Gasteiger partial charge in [-0.05, 0) is 31.4 Å². The standard InChI is InChI=1S/C16H22O4.C5H12O/c1-3-5-11-19-15(17)13-9-7-8-10-14(13)16(18)20-12-6-4-2;1-2-3-4-5-6/h7-10H,3-6,11-12H2,1-2H3;6H,2-5H2,1H3. The fourth-order valence-corrected chi connectivity index (χ4v) is 1.97. The third kappa shape index (κ3) is 10.9. The third-order valence-corrected chi connectivity index (χ3v) is 3.59. The summed E-state index contributed by atoms with van der Waals surface area (Å²) in [5, 5.41) is 8.20. The smallest absolute Gasteiger partial charge is 0.339 e. The molecule has 0 spiro atoms. The summed E-state index contributed by atoms with van der Waals surface area (Å²) in [4.78, 5) is 23.9. The van der Waals surface area contributed by atoms with Crippen LogP contribution in [0.15, 0.2) is 24.3 Å². The average Bonchev–Trinajstić information content (AvgIpc) is 2.67. The largest absolute Gasteiger partial charge is 0.462 e. The zero-order chi connectivity index (χ0) is 19.6. The number of aliphatic hydroxyl groups is 1. The van der Waals surface area contributed by atoms with Crippen molar-refractivity contribution in [3.63, 3.8) is 0 Å². The SMILES string of the molecule is CCCCCO.CCCCOC(=O)c1ccccc1C(=O)OCCCC. The first-order chi connectivity index (χ1) is 12.6. The molecule has 0 saturated carbocycles. The number of rotatable bonds is 11. The number of carbonyl (C=O) groups is 2. The van der Waals surface area contributed by atoms with Gasteiger partial charge < -0.3 is 14.6 Å². The van der Waals surface area contributed by atoms with Gasteiger partial charge in [0.25, 0.3) is 0 Å². The highest BCUT2D eigenvalue weighted by Gasteiger charge is 2.18. The predicted octanol–water partition coefficient (Wildman–Crippen LogP) is 4.77. The molecular weight excluding hydrogens is 332 g/mol. The number of unbranched alkanes of at least 4 members (excludes halogenated alkanes) is 4. The molecule has 0 fully saturated rings. The maximum absolute atomic E-state index is 11.9. The minimum atomic E-state index is -0.471. The van der Waals surface area contributed by atoms with Crippen LogP contribution < -0.4 is 0 Å². The molecule has 0 aliphatic rings. The summed E-state index contributed by atoms with van der Waals surface area (Å²) < 4.78 is 10.3. The van der Waals surface area contributed by atoms with Crippen LogP contribution in [0.1, 0.15) is 86.4 Å². The lowest BCUT2D eigenvalue weighted by molar-refractivity contribution is 0.0452. The van der Waals surface area contributed by atoms with E-state index in [-0.39, 0.29) is 11.1 Å². The second-order valence-electron chi connectivity index (χ2n) is 5.96. The Labute approximate surface area is 157 Å². The highest BCUT2D eigenvalue weighted by atomic mass is 16.5. The molecule has 1 aromatic carbocycles. The number of esters is 2. The summed E-state index contributed by atoms with van der Waals surface area (Å²) in [6.45, 7) is 7.26. The average molecular weight is 366 g/mol. The molecule has 1 N–H and O–H groups in total. The lowest BCUT2D eigenvalue weighted by Gasteiger charge is -2.09. The maximum atomic E-state index is 11.9. The van der Waals surface area contributed by atoms with Crippen LogP contribution in [0.4, 0.5) is 0 Å². The van der Waals surface area contributed by atoms with Crippen LogP contribution >= 0.6 is 0 Å². The lowest BCUT2D eigenvalue weighted by Crippen LogP contribution is -2.14. The molecule has 0 atom stereocenters. The first kappa shape index (κ1) is 24.1. The summed E-state index contributed by atoms with van der Waals surface area (Å²) >= 11 is 0. The molecule has 0 radical (unpaired) electrons. The van der Waals surface area contributed by atoms with Crippen LogP contribution in [0.3, 0.4) is 0 Å². The Morgan fingerprint density at radius 3 is 1.50 bits per heavy atom. The molecule has 0 heterocycles. The van der Waals surface area contributed by atoms with Crippen LogP contribution in [-0.4, -0.2) is 36.9 Å². The lowest BCUT2D eigenvalue weighted by atomic mass is 10.1. The minimum absolute atomic E-state index is 0.269. The van der Waals surface area contributed by atoms with E-state index in [1.165, 1.54) is 6.42 Å². The first-order valence-electron chi connectivity index (χ1n) is 9.66. The van der Waals surface area contributed by atoms with E-state index in [1.807, 2.05) is 13.8 Å². The Kier molecular flexibility index (Phi) is 15.4. The summed E-state index contributed by atoms with van der Waals surface area (Å²) in [7, 11) is 0. The Morgan fingerprint density at radius 2 is 1.19 bits per heavy atom. The number of benzene rings is 1. The van der Waals surface area contributed by atoms with Crippen LogP contribution in [0, 0.1) is 0 Å². The van der Waals surface area contributed by atoms with E-state index in [4.69, 9.17) is 14.6 Å². The van der Waals surface area contributed by atoms with Gasteiger partial charge in [0.05, 0.1) is 24.3 Å². The molecule has 0 amide bonds. The van der Waals surface area contributed by atoms with Gasteiger partial charge in [-0.2, -0.15) is 0 Å². The molecule has 26 heavy (non-hydrogen) atoms. The molecule has 0 aliphatic carbocycles. The van der Waals surface area contributed by atoms with Gasteiger partial charge in [-0.15, -0.1) is 0 Å². The first-order valence-corrected chi connectivity index (χ1v) is 9.66. The Morgan fingerprint density at radius 1 is 0.769 bits per heavy atom. The van der Waals surface area contributed by atoms with Crippen molar-refractivity contribution in [1.82, 2.24) is 0 Å². The highest BCUT2D eigenvalue weighted by Crippen LogP contribution is 2.12. The van der Waals surface area contributed by atoms with Crippen LogP contribution in [0.2, 0.25) is 0 Å². The molecule has 0 aromatic heterocycles. The van der Waals surface area contributed by atoms with E-state index >= 15 is 0 Å². The van der Waals surface area contributed by atoms with Crippen LogP contribution in [0.5, 0.6) is 0 Å². The van der Waals surface area contributed by atoms with Crippen molar-refractivity contribution in [1.29, 1.82) is 0 Å². The van der Waals surface area contributed by atoms with Crippen molar-refractivity contribution in [3.8, 4) is 0 Å². The molecule has 1 rings (SSSR count). The summed E-state index contributed by atoms with van der Waals surface area (Å²) in [5.41, 5.74) is 0.537. The molecule has 5 nitrogen and oxygen atoms in total. The third-order valence-electron chi connectivity index (χ3n) is 3.59. The van der Waals surface area contributed by atoms with Crippen molar-refractivity contribution in [2.45, 2.75) is 65.7 Å². The van der Waals surface area contributed by atoms with E-state index < -0.39 is 11.9 Å². The van der Waals surface area contributed by atoms with Crippen LogP contribution in [0.25, 0.3) is 0 Å². The zero-order valence-electron chi connectivity index (χ0n) is 16.5. The van der Waals surface area contributed by atoms with Gasteiger partial charge in [0.15, 0.2) is 0 Å². The zero-order valence-corrected chi connectivity index (χ0v) is 16.5. The Bertz CT molecular complexity index is 454. The summed E-state index contributed by atoms with van der Waals surface area (Å²) in [6.07, 6.45) is 6.86. The van der Waals surface area contributed by atoms with Gasteiger partial charge in [0.2, 0.25) is 0 Å². The number of aliphatic hydroxyl groups excluding tert-OH is 1. The molecular formula is C21H34O5. The Hall–Kier alpha value is -1.88. The second-order valence-corrected chi connectivity index (χ2v) is 5.96. The number of ether oxygens (including phenoxy) is 2. The minimum Gasteiger partial charge on any atom is -0.462 e. The van der Waals surface area contributed by atoms with Gasteiger partial charge in [-0.3, -0.25) is 0 Å². The molecule has 0 saturated heterocycles. The van der Waals surface area contributed by atoms with E-state index in [2.05, 4.69) is 6.92 Å². The topological polar surface area (TPSA) is 72.8 Å². The molecule has 1 aromatic rings. The fourth-order valence-electron chi connectivity index (χ4n) is 1.97. The van der Waals surface area contributed by atoms with Crippen molar-refractivity contribution in [3.05, 3.63) is 35.4 Å². The van der Waals surface area contributed by atoms with Crippen molar-refractivity contribution in [2.75, 3.05) is 19.8 Å². The summed E-state index contributed by atoms with van der Waals surface area (Å²) in [5.74, 6) is -0.942. The molecule has 5 heteroatoms. The van der Waals surface area contributed by atoms with E-state index in [0.717, 1.165) is 38.5 Å². The van der Waals surface area contributed by atoms with Gasteiger partial charge >= 0.3 is 11.9 Å². The van der Waals surface area contributed by atoms with Crippen molar-refractivity contribution < 1.29 is 24.2 Å². The molecule has 148 valence electrons. The van der Waals surface area contributed by atoms with Crippen LogP contribution in [-0.2, 0) is 9.47 Å². The molecule has 0 unspecified atom stereocenters. The predicted molar refractivity (Wildman–Crippen MR) is 103 cm³/mol.